The minimum Gasteiger partial charge on any atom is -0.493 e. The van der Waals surface area contributed by atoms with E-state index in [2.05, 4.69) is 5.32 Å². The topological polar surface area (TPSA) is 90.7 Å². The maximum atomic E-state index is 12.1. The molecule has 6 nitrogen and oxygen atoms in total. The van der Waals surface area contributed by atoms with E-state index in [9.17, 15) is 9.59 Å². The minimum atomic E-state index is -0.476. The van der Waals surface area contributed by atoms with Gasteiger partial charge in [0, 0.05) is 19.5 Å². The van der Waals surface area contributed by atoms with E-state index in [0.717, 1.165) is 5.56 Å². The van der Waals surface area contributed by atoms with Gasteiger partial charge in [-0.25, -0.2) is 4.79 Å². The van der Waals surface area contributed by atoms with Crippen molar-refractivity contribution in [1.82, 2.24) is 5.32 Å². The van der Waals surface area contributed by atoms with Crippen LogP contribution in [0, 0.1) is 0 Å². The molecule has 0 aromatic heterocycles. The molecule has 0 aliphatic heterocycles. The first-order valence-corrected chi connectivity index (χ1v) is 7.46. The second kappa shape index (κ2) is 8.12. The van der Waals surface area contributed by atoms with Crippen LogP contribution >= 0.6 is 0 Å². The van der Waals surface area contributed by atoms with Gasteiger partial charge in [-0.1, -0.05) is 24.3 Å². The molecule has 24 heavy (non-hydrogen) atoms. The molecule has 1 unspecified atom stereocenters. The first kappa shape index (κ1) is 17.5. The lowest BCUT2D eigenvalue weighted by Crippen LogP contribution is -2.24. The van der Waals surface area contributed by atoms with Gasteiger partial charge < -0.3 is 20.5 Å². The standard InChI is InChI=1S/C18H20N2O4/c1-20-17(21)11-14(19)13-8-9-15(16(10-13)23-2)24-18(22)12-6-4-3-5-7-12/h3-10,14H,11,19H2,1-2H3,(H,20,21). The molecule has 0 saturated heterocycles. The number of hydrogen-bond acceptors (Lipinski definition) is 5. The van der Waals surface area contributed by atoms with Crippen LogP contribution in [0.1, 0.15) is 28.4 Å². The van der Waals surface area contributed by atoms with Gasteiger partial charge in [-0.2, -0.15) is 0 Å². The van der Waals surface area contributed by atoms with E-state index >= 15 is 0 Å². The van der Waals surface area contributed by atoms with Crippen LogP contribution in [0.25, 0.3) is 0 Å². The molecule has 2 aromatic carbocycles. The smallest absolute Gasteiger partial charge is 0.343 e. The number of esters is 1. The van der Waals surface area contributed by atoms with E-state index in [4.69, 9.17) is 15.2 Å². The summed E-state index contributed by atoms with van der Waals surface area (Å²) in [7, 11) is 3.03. The molecule has 0 aliphatic carbocycles. The largest absolute Gasteiger partial charge is 0.493 e. The Kier molecular flexibility index (Phi) is 5.92. The van der Waals surface area contributed by atoms with E-state index in [-0.39, 0.29) is 12.3 Å². The van der Waals surface area contributed by atoms with Gasteiger partial charge in [-0.3, -0.25) is 4.79 Å². The predicted octanol–water partition coefficient (Wildman–Crippen LogP) is 2.05. The van der Waals surface area contributed by atoms with Crippen LogP contribution in [0.15, 0.2) is 48.5 Å². The number of benzene rings is 2. The number of rotatable bonds is 6. The van der Waals surface area contributed by atoms with Crippen molar-refractivity contribution in [3.63, 3.8) is 0 Å². The van der Waals surface area contributed by atoms with Gasteiger partial charge in [0.25, 0.3) is 0 Å². The molecular weight excluding hydrogens is 308 g/mol. The quantitative estimate of drug-likeness (QED) is 0.625. The highest BCUT2D eigenvalue weighted by Gasteiger charge is 2.16. The molecule has 1 amide bonds. The van der Waals surface area contributed by atoms with Crippen LogP contribution in [0.3, 0.4) is 0 Å². The highest BCUT2D eigenvalue weighted by atomic mass is 16.6. The fourth-order valence-corrected chi connectivity index (χ4v) is 2.15. The SMILES string of the molecule is CNC(=O)CC(N)c1ccc(OC(=O)c2ccccc2)c(OC)c1. The molecule has 0 aliphatic rings. The second-order valence-electron chi connectivity index (χ2n) is 5.15. The van der Waals surface area contributed by atoms with Crippen LogP contribution in [-0.4, -0.2) is 26.0 Å². The van der Waals surface area contributed by atoms with E-state index in [1.54, 1.807) is 49.5 Å². The number of carbonyl (C=O) groups is 2. The normalized spacial score (nSPS) is 11.5. The van der Waals surface area contributed by atoms with Crippen LogP contribution in [0.5, 0.6) is 11.5 Å². The van der Waals surface area contributed by atoms with Gasteiger partial charge in [-0.05, 0) is 29.8 Å². The van der Waals surface area contributed by atoms with E-state index < -0.39 is 12.0 Å². The molecule has 0 spiro atoms. The second-order valence-corrected chi connectivity index (χ2v) is 5.15. The van der Waals surface area contributed by atoms with Crippen LogP contribution in [0.4, 0.5) is 0 Å². The lowest BCUT2D eigenvalue weighted by molar-refractivity contribution is -0.120. The number of methoxy groups -OCH3 is 1. The third-order valence-corrected chi connectivity index (χ3v) is 3.51. The van der Waals surface area contributed by atoms with Crippen molar-refractivity contribution in [1.29, 1.82) is 0 Å². The van der Waals surface area contributed by atoms with Crippen LogP contribution in [-0.2, 0) is 4.79 Å². The van der Waals surface area contributed by atoms with Gasteiger partial charge in [0.15, 0.2) is 11.5 Å². The average molecular weight is 328 g/mol. The minimum absolute atomic E-state index is 0.152. The predicted molar refractivity (Wildman–Crippen MR) is 90.0 cm³/mol. The van der Waals surface area contributed by atoms with Crippen molar-refractivity contribution in [2.24, 2.45) is 5.73 Å². The lowest BCUT2D eigenvalue weighted by Gasteiger charge is -2.15. The van der Waals surface area contributed by atoms with Crippen molar-refractivity contribution in [2.45, 2.75) is 12.5 Å². The monoisotopic (exact) mass is 328 g/mol. The summed E-state index contributed by atoms with van der Waals surface area (Å²) in [5.41, 5.74) is 7.18. The summed E-state index contributed by atoms with van der Waals surface area (Å²) in [5.74, 6) is 0.0451. The van der Waals surface area contributed by atoms with E-state index in [0.29, 0.717) is 17.1 Å². The maximum absolute atomic E-state index is 12.1. The number of hydrogen-bond donors (Lipinski definition) is 2. The Morgan fingerprint density at radius 1 is 1.12 bits per heavy atom. The fraction of sp³-hybridized carbons (Fsp3) is 0.222. The molecule has 0 saturated carbocycles. The Balaban J connectivity index is 2.17. The average Bonchev–Trinajstić information content (AvgIpc) is 2.62. The van der Waals surface area contributed by atoms with Gasteiger partial charge in [0.1, 0.15) is 0 Å². The summed E-state index contributed by atoms with van der Waals surface area (Å²) in [5, 5.41) is 2.53. The molecule has 0 heterocycles. The Labute approximate surface area is 140 Å². The number of amides is 1. The van der Waals surface area contributed by atoms with Gasteiger partial charge in [0.05, 0.1) is 12.7 Å². The lowest BCUT2D eigenvalue weighted by atomic mass is 10.0. The third-order valence-electron chi connectivity index (χ3n) is 3.51. The van der Waals surface area contributed by atoms with Crippen molar-refractivity contribution in [2.75, 3.05) is 14.2 Å². The third kappa shape index (κ3) is 4.33. The highest BCUT2D eigenvalue weighted by Crippen LogP contribution is 2.31. The summed E-state index contributed by atoms with van der Waals surface area (Å²) in [4.78, 5) is 23.6. The number of carbonyl (C=O) groups excluding carboxylic acids is 2. The van der Waals surface area contributed by atoms with Crippen LogP contribution < -0.4 is 20.5 Å². The summed E-state index contributed by atoms with van der Waals surface area (Å²) in [6.45, 7) is 0. The summed E-state index contributed by atoms with van der Waals surface area (Å²) in [6, 6.07) is 13.2. The van der Waals surface area contributed by atoms with E-state index in [1.807, 2.05) is 6.07 Å². The fourth-order valence-electron chi connectivity index (χ4n) is 2.15. The van der Waals surface area contributed by atoms with Crippen molar-refractivity contribution in [3.05, 3.63) is 59.7 Å². The number of ether oxygens (including phenoxy) is 2. The van der Waals surface area contributed by atoms with Crippen molar-refractivity contribution < 1.29 is 19.1 Å². The first-order chi connectivity index (χ1) is 11.5. The Hall–Kier alpha value is -2.86. The maximum Gasteiger partial charge on any atom is 0.343 e. The summed E-state index contributed by atoms with van der Waals surface area (Å²) < 4.78 is 10.6. The molecule has 2 rings (SSSR count). The number of nitrogens with two attached hydrogens (primary N) is 1. The Bertz CT molecular complexity index is 716. The molecule has 6 heteroatoms. The molecule has 0 radical (unpaired) electrons. The molecule has 0 bridgehead atoms. The van der Waals surface area contributed by atoms with Crippen molar-refractivity contribution in [3.8, 4) is 11.5 Å². The molecule has 0 fully saturated rings. The molecule has 2 aromatic rings. The first-order valence-electron chi connectivity index (χ1n) is 7.46. The Morgan fingerprint density at radius 2 is 1.83 bits per heavy atom. The summed E-state index contributed by atoms with van der Waals surface area (Å²) in [6.07, 6.45) is 0.156. The zero-order valence-electron chi connectivity index (χ0n) is 13.6. The van der Waals surface area contributed by atoms with Gasteiger partial charge in [-0.15, -0.1) is 0 Å². The Morgan fingerprint density at radius 3 is 2.46 bits per heavy atom. The zero-order chi connectivity index (χ0) is 17.5. The van der Waals surface area contributed by atoms with Gasteiger partial charge >= 0.3 is 5.97 Å². The van der Waals surface area contributed by atoms with Crippen LogP contribution in [0.2, 0.25) is 0 Å². The van der Waals surface area contributed by atoms with E-state index in [1.165, 1.54) is 7.11 Å². The zero-order valence-corrected chi connectivity index (χ0v) is 13.6. The molecule has 126 valence electrons. The van der Waals surface area contributed by atoms with Gasteiger partial charge in [0.2, 0.25) is 5.91 Å². The molecule has 1 atom stereocenters. The number of nitrogens with one attached hydrogen (secondary N) is 1. The molecule has 3 N–H and O–H groups in total. The summed E-state index contributed by atoms with van der Waals surface area (Å²) >= 11 is 0. The molecular formula is C18H20N2O4. The highest BCUT2D eigenvalue weighted by molar-refractivity contribution is 5.91. The van der Waals surface area contributed by atoms with Crippen molar-refractivity contribution >= 4 is 11.9 Å².